The summed E-state index contributed by atoms with van der Waals surface area (Å²) in [6.07, 6.45) is 0.636. The van der Waals surface area contributed by atoms with Crippen LogP contribution in [0.5, 0.6) is 0 Å². The zero-order valence-corrected chi connectivity index (χ0v) is 11.6. The van der Waals surface area contributed by atoms with Gasteiger partial charge in [0.1, 0.15) is 12.2 Å². The van der Waals surface area contributed by atoms with Gasteiger partial charge in [-0.2, -0.15) is 0 Å². The van der Waals surface area contributed by atoms with Crippen LogP contribution in [0.4, 0.5) is 0 Å². The molecule has 0 bridgehead atoms. The van der Waals surface area contributed by atoms with Crippen LogP contribution < -0.4 is 16.9 Å². The van der Waals surface area contributed by atoms with Gasteiger partial charge in [0.25, 0.3) is 5.91 Å². The number of methoxy groups -OCH3 is 1. The molecular formula is C13H17N3O5. The van der Waals surface area contributed by atoms with E-state index in [1.54, 1.807) is 0 Å². The summed E-state index contributed by atoms with van der Waals surface area (Å²) in [6.45, 7) is 0.826. The van der Waals surface area contributed by atoms with Crippen molar-refractivity contribution in [1.29, 1.82) is 0 Å². The van der Waals surface area contributed by atoms with Gasteiger partial charge >= 0.3 is 5.97 Å². The van der Waals surface area contributed by atoms with Gasteiger partial charge in [-0.1, -0.05) is 5.92 Å². The quantitative estimate of drug-likeness (QED) is 0.276. The maximum Gasteiger partial charge on any atom is 0.342 e. The second-order valence-corrected chi connectivity index (χ2v) is 3.86. The van der Waals surface area contributed by atoms with Crippen LogP contribution in [0, 0.1) is 11.8 Å². The van der Waals surface area contributed by atoms with Gasteiger partial charge in [-0.05, 0) is 18.9 Å². The molecule has 0 saturated heterocycles. The number of amides is 1. The molecule has 1 amide bonds. The van der Waals surface area contributed by atoms with Crippen LogP contribution in [0.3, 0.4) is 0 Å². The normalized spacial score (nSPS) is 9.67. The summed E-state index contributed by atoms with van der Waals surface area (Å²) < 4.78 is 9.87. The molecular weight excluding hydrogens is 278 g/mol. The van der Waals surface area contributed by atoms with Crippen LogP contribution in [0.25, 0.3) is 0 Å². The van der Waals surface area contributed by atoms with Crippen LogP contribution in [-0.4, -0.2) is 38.7 Å². The highest BCUT2D eigenvalue weighted by molar-refractivity contribution is 5.97. The van der Waals surface area contributed by atoms with E-state index in [0.29, 0.717) is 19.5 Å². The summed E-state index contributed by atoms with van der Waals surface area (Å²) in [5, 5.41) is 2.61. The number of esters is 1. The number of ether oxygens (including phenoxy) is 1. The zero-order valence-electron chi connectivity index (χ0n) is 11.6. The van der Waals surface area contributed by atoms with Crippen molar-refractivity contribution in [3.05, 3.63) is 23.2 Å². The van der Waals surface area contributed by atoms with Crippen molar-refractivity contribution in [3.63, 3.8) is 0 Å². The van der Waals surface area contributed by atoms with Gasteiger partial charge in [0, 0.05) is 12.6 Å². The van der Waals surface area contributed by atoms with E-state index in [0.717, 1.165) is 0 Å². The minimum atomic E-state index is -0.655. The van der Waals surface area contributed by atoms with Crippen LogP contribution in [0.1, 0.15) is 33.1 Å². The zero-order chi connectivity index (χ0) is 15.7. The number of carbonyl (C=O) groups is 2. The smallest absolute Gasteiger partial charge is 0.342 e. The number of nitrogens with two attached hydrogens (primary N) is 2. The molecule has 1 rings (SSSR count). The van der Waals surface area contributed by atoms with Crippen molar-refractivity contribution >= 4 is 11.9 Å². The molecule has 8 heteroatoms. The Morgan fingerprint density at radius 3 is 2.86 bits per heavy atom. The maximum absolute atomic E-state index is 11.8. The molecule has 0 aliphatic carbocycles. The molecule has 114 valence electrons. The molecule has 0 aromatic carbocycles. The number of hydrogen-bond acceptors (Lipinski definition) is 7. The Bertz CT molecular complexity index is 556. The summed E-state index contributed by atoms with van der Waals surface area (Å²) >= 11 is 0. The first-order valence-electron chi connectivity index (χ1n) is 6.15. The second-order valence-electron chi connectivity index (χ2n) is 3.86. The highest BCUT2D eigenvalue weighted by Crippen LogP contribution is 2.16. The van der Waals surface area contributed by atoms with E-state index < -0.39 is 11.9 Å². The fourth-order valence-electron chi connectivity index (χ4n) is 1.41. The van der Waals surface area contributed by atoms with Crippen LogP contribution >= 0.6 is 0 Å². The first-order valence-corrected chi connectivity index (χ1v) is 6.15. The van der Waals surface area contributed by atoms with E-state index in [1.807, 2.05) is 0 Å². The van der Waals surface area contributed by atoms with Gasteiger partial charge in [-0.3, -0.25) is 9.63 Å². The first-order chi connectivity index (χ1) is 10.1. The Morgan fingerprint density at radius 2 is 2.24 bits per heavy atom. The Morgan fingerprint density at radius 1 is 1.48 bits per heavy atom. The molecule has 0 aliphatic heterocycles. The molecule has 0 spiro atoms. The average Bonchev–Trinajstić information content (AvgIpc) is 2.91. The fourth-order valence-corrected chi connectivity index (χ4v) is 1.41. The number of nitrogens with one attached hydrogen (secondary N) is 1. The molecule has 0 aliphatic rings. The van der Waals surface area contributed by atoms with E-state index >= 15 is 0 Å². The van der Waals surface area contributed by atoms with Crippen molar-refractivity contribution in [1.82, 2.24) is 5.32 Å². The molecule has 0 fully saturated rings. The van der Waals surface area contributed by atoms with Gasteiger partial charge in [0.05, 0.1) is 7.11 Å². The van der Waals surface area contributed by atoms with Crippen molar-refractivity contribution in [3.8, 4) is 11.8 Å². The third-order valence-electron chi connectivity index (χ3n) is 2.39. The number of furan rings is 1. The largest absolute Gasteiger partial charge is 0.465 e. The standard InChI is InChI=1S/C13H17N3O5/c1-19-13(18)9-8-11(12(17)16-6-3-5-14)21-10(9)4-2-7-20-15/h8H,3,5-7,14-15H2,1H3,(H,16,17). The van der Waals surface area contributed by atoms with Crippen molar-refractivity contribution < 1.29 is 23.6 Å². The lowest BCUT2D eigenvalue weighted by molar-refractivity contribution is 0.0599. The SMILES string of the molecule is COC(=O)c1cc(C(=O)NCCCN)oc1C#CCON. The monoisotopic (exact) mass is 295 g/mol. The molecule has 1 aromatic heterocycles. The first kappa shape index (κ1) is 16.7. The summed E-state index contributed by atoms with van der Waals surface area (Å²) in [6, 6.07) is 1.27. The van der Waals surface area contributed by atoms with Gasteiger partial charge in [0.15, 0.2) is 11.5 Å². The summed E-state index contributed by atoms with van der Waals surface area (Å²) in [7, 11) is 1.22. The molecule has 1 heterocycles. The van der Waals surface area contributed by atoms with Crippen LogP contribution in [0.15, 0.2) is 10.5 Å². The lowest BCUT2D eigenvalue weighted by Crippen LogP contribution is -2.25. The van der Waals surface area contributed by atoms with E-state index in [-0.39, 0.29) is 23.7 Å². The van der Waals surface area contributed by atoms with E-state index in [9.17, 15) is 9.59 Å². The maximum atomic E-state index is 11.8. The van der Waals surface area contributed by atoms with Crippen molar-refractivity contribution in [2.45, 2.75) is 6.42 Å². The molecule has 1 aromatic rings. The summed E-state index contributed by atoms with van der Waals surface area (Å²) in [4.78, 5) is 27.7. The number of carbonyl (C=O) groups excluding carboxylic acids is 2. The van der Waals surface area contributed by atoms with Crippen molar-refractivity contribution in [2.75, 3.05) is 26.8 Å². The van der Waals surface area contributed by atoms with E-state index in [2.05, 4.69) is 26.7 Å². The fraction of sp³-hybridized carbons (Fsp3) is 0.385. The lowest BCUT2D eigenvalue weighted by atomic mass is 10.2. The van der Waals surface area contributed by atoms with Gasteiger partial charge in [0.2, 0.25) is 0 Å². The van der Waals surface area contributed by atoms with Gasteiger partial charge < -0.3 is 20.2 Å². The molecule has 21 heavy (non-hydrogen) atoms. The lowest BCUT2D eigenvalue weighted by Gasteiger charge is -2.00. The van der Waals surface area contributed by atoms with Crippen molar-refractivity contribution in [2.24, 2.45) is 11.6 Å². The van der Waals surface area contributed by atoms with Gasteiger partial charge in [-0.25, -0.2) is 10.7 Å². The topological polar surface area (TPSA) is 130 Å². The molecule has 0 radical (unpaired) electrons. The summed E-state index contributed by atoms with van der Waals surface area (Å²) in [5.74, 6) is 8.78. The number of hydrogen-bond donors (Lipinski definition) is 3. The Labute approximate surface area is 121 Å². The predicted octanol–water partition coefficient (Wildman–Crippen LogP) is -0.613. The highest BCUT2D eigenvalue weighted by atomic mass is 16.6. The Balaban J connectivity index is 2.94. The van der Waals surface area contributed by atoms with Crippen LogP contribution in [-0.2, 0) is 9.57 Å². The van der Waals surface area contributed by atoms with E-state index in [1.165, 1.54) is 13.2 Å². The second kappa shape index (κ2) is 8.76. The minimum absolute atomic E-state index is 0.0166. The van der Waals surface area contributed by atoms with E-state index in [4.69, 9.17) is 16.0 Å². The Hall–Kier alpha value is -2.34. The molecule has 5 N–H and O–H groups in total. The molecule has 8 nitrogen and oxygen atoms in total. The highest BCUT2D eigenvalue weighted by Gasteiger charge is 2.20. The Kier molecular flexibility index (Phi) is 6.97. The van der Waals surface area contributed by atoms with Gasteiger partial charge in [-0.15, -0.1) is 0 Å². The third-order valence-corrected chi connectivity index (χ3v) is 2.39. The third kappa shape index (κ3) is 4.92. The minimum Gasteiger partial charge on any atom is -0.465 e. The van der Waals surface area contributed by atoms with Crippen LogP contribution in [0.2, 0.25) is 0 Å². The molecule has 0 atom stereocenters. The summed E-state index contributed by atoms with van der Waals surface area (Å²) in [5.41, 5.74) is 5.39. The number of rotatable bonds is 6. The predicted molar refractivity (Wildman–Crippen MR) is 73.1 cm³/mol. The average molecular weight is 295 g/mol. The molecule has 0 unspecified atom stereocenters. The molecule has 0 saturated carbocycles.